The molecule has 2 saturated heterocycles. The van der Waals surface area contributed by atoms with Crippen LogP contribution in [0.25, 0.3) is 0 Å². The molecule has 1 unspecified atom stereocenters. The van der Waals surface area contributed by atoms with Gasteiger partial charge in [0.05, 0.1) is 24.3 Å². The lowest BCUT2D eigenvalue weighted by Crippen LogP contribution is -2.57. The molecule has 0 aliphatic carbocycles. The lowest BCUT2D eigenvalue weighted by molar-refractivity contribution is -0.137. The Morgan fingerprint density at radius 2 is 2.00 bits per heavy atom. The standard InChI is InChI=1S/C21H23F5N8/c22-20(23)11-34(12-20)19-30-16(13-3-6-33(9-13)10-15(28)1-4-27)8-18(32-19)31-17-7-14(2-5-29-17)21(24,25)26/h1-2,4-5,7-8,13,28H,3,6,9-12,27H2,(H,29,30,31,32). The van der Waals surface area contributed by atoms with Crippen molar-refractivity contribution in [2.75, 3.05) is 42.9 Å². The van der Waals surface area contributed by atoms with Crippen LogP contribution in [0.1, 0.15) is 23.6 Å². The molecule has 8 nitrogen and oxygen atoms in total. The van der Waals surface area contributed by atoms with Crippen molar-refractivity contribution in [1.82, 2.24) is 19.9 Å². The highest BCUT2D eigenvalue weighted by Gasteiger charge is 2.45. The van der Waals surface area contributed by atoms with Crippen molar-refractivity contribution >= 4 is 23.3 Å². The molecule has 1 atom stereocenters. The second kappa shape index (κ2) is 9.12. The first kappa shape index (κ1) is 23.8. The van der Waals surface area contributed by atoms with Crippen LogP contribution < -0.4 is 16.0 Å². The van der Waals surface area contributed by atoms with E-state index in [1.165, 1.54) is 17.2 Å². The molecule has 2 aliphatic rings. The van der Waals surface area contributed by atoms with Gasteiger partial charge in [0.15, 0.2) is 0 Å². The number of nitrogens with two attached hydrogens (primary N) is 1. The van der Waals surface area contributed by atoms with Gasteiger partial charge in [0.1, 0.15) is 11.6 Å². The van der Waals surface area contributed by atoms with Gasteiger partial charge in [-0.25, -0.2) is 18.7 Å². The van der Waals surface area contributed by atoms with Gasteiger partial charge in [-0.15, -0.1) is 0 Å². The SMILES string of the molecule is N=C(C=CN)CN1CCC(c2cc(Nc3cc(C(F)(F)F)ccn3)nc(N3CC(F)(F)C3)n2)C1. The van der Waals surface area contributed by atoms with Gasteiger partial charge in [-0.2, -0.15) is 18.2 Å². The molecule has 13 heteroatoms. The summed E-state index contributed by atoms with van der Waals surface area (Å²) in [7, 11) is 0. The Morgan fingerprint density at radius 3 is 2.68 bits per heavy atom. The Balaban J connectivity index is 1.58. The predicted molar refractivity (Wildman–Crippen MR) is 117 cm³/mol. The van der Waals surface area contributed by atoms with Gasteiger partial charge in [-0.3, -0.25) is 4.90 Å². The first-order chi connectivity index (χ1) is 16.0. The average Bonchev–Trinajstić information content (AvgIpc) is 3.20. The summed E-state index contributed by atoms with van der Waals surface area (Å²) in [5.74, 6) is -2.73. The molecule has 2 aliphatic heterocycles. The lowest BCUT2D eigenvalue weighted by atomic mass is 10.0. The number of alkyl halides is 5. The van der Waals surface area contributed by atoms with E-state index >= 15 is 0 Å². The fourth-order valence-corrected chi connectivity index (χ4v) is 3.95. The fourth-order valence-electron chi connectivity index (χ4n) is 3.95. The third kappa shape index (κ3) is 5.58. The molecule has 2 aromatic rings. The molecule has 4 heterocycles. The first-order valence-electron chi connectivity index (χ1n) is 10.5. The van der Waals surface area contributed by atoms with Crippen LogP contribution >= 0.6 is 0 Å². The molecule has 4 N–H and O–H groups in total. The number of rotatable bonds is 7. The number of pyridine rings is 1. The smallest absolute Gasteiger partial charge is 0.405 e. The van der Waals surface area contributed by atoms with Crippen LogP contribution in [0.5, 0.6) is 0 Å². The van der Waals surface area contributed by atoms with E-state index in [4.69, 9.17) is 11.1 Å². The monoisotopic (exact) mass is 482 g/mol. The molecule has 2 fully saturated rings. The van der Waals surface area contributed by atoms with Crippen molar-refractivity contribution in [2.45, 2.75) is 24.4 Å². The maximum Gasteiger partial charge on any atom is 0.416 e. The van der Waals surface area contributed by atoms with Gasteiger partial charge in [0, 0.05) is 37.0 Å². The number of anilines is 3. The van der Waals surface area contributed by atoms with Gasteiger partial charge < -0.3 is 21.4 Å². The lowest BCUT2D eigenvalue weighted by Gasteiger charge is -2.38. The molecule has 0 bridgehead atoms. The number of hydrogen-bond donors (Lipinski definition) is 3. The van der Waals surface area contributed by atoms with E-state index in [2.05, 4.69) is 20.3 Å². The normalized spacial score (nSPS) is 20.5. The molecule has 0 saturated carbocycles. The van der Waals surface area contributed by atoms with Crippen LogP contribution in [0.2, 0.25) is 0 Å². The van der Waals surface area contributed by atoms with E-state index in [1.807, 2.05) is 4.90 Å². The second-order valence-corrected chi connectivity index (χ2v) is 8.35. The minimum atomic E-state index is -4.54. The Bertz CT molecular complexity index is 1080. The zero-order chi connectivity index (χ0) is 24.5. The number of likely N-dealkylation sites (tertiary alicyclic amines) is 1. The van der Waals surface area contributed by atoms with E-state index in [9.17, 15) is 22.0 Å². The fraction of sp³-hybridized carbons (Fsp3) is 0.429. The summed E-state index contributed by atoms with van der Waals surface area (Å²) >= 11 is 0. The minimum Gasteiger partial charge on any atom is -0.405 e. The number of aromatic nitrogens is 3. The number of nitrogens with one attached hydrogen (secondary N) is 2. The van der Waals surface area contributed by atoms with Gasteiger partial charge >= 0.3 is 6.18 Å². The first-order valence-corrected chi connectivity index (χ1v) is 10.5. The Kier molecular flexibility index (Phi) is 6.39. The Labute approximate surface area is 192 Å². The van der Waals surface area contributed by atoms with Crippen molar-refractivity contribution in [3.05, 3.63) is 47.9 Å². The van der Waals surface area contributed by atoms with Crippen molar-refractivity contribution < 1.29 is 22.0 Å². The van der Waals surface area contributed by atoms with Crippen molar-refractivity contribution in [1.29, 1.82) is 5.41 Å². The minimum absolute atomic E-state index is 0.0618. The number of halogens is 5. The van der Waals surface area contributed by atoms with Crippen LogP contribution in [-0.2, 0) is 6.18 Å². The molecule has 0 radical (unpaired) electrons. The largest absolute Gasteiger partial charge is 0.416 e. The van der Waals surface area contributed by atoms with Crippen LogP contribution in [0.4, 0.5) is 39.5 Å². The highest BCUT2D eigenvalue weighted by atomic mass is 19.4. The molecule has 2 aromatic heterocycles. The number of hydrogen-bond acceptors (Lipinski definition) is 8. The summed E-state index contributed by atoms with van der Waals surface area (Å²) in [6.45, 7) is 0.618. The Morgan fingerprint density at radius 1 is 1.24 bits per heavy atom. The summed E-state index contributed by atoms with van der Waals surface area (Å²) < 4.78 is 66.1. The topological polar surface area (TPSA) is 107 Å². The van der Waals surface area contributed by atoms with Crippen molar-refractivity contribution in [3.8, 4) is 0 Å². The molecule has 0 aromatic carbocycles. The highest BCUT2D eigenvalue weighted by Crippen LogP contribution is 2.34. The van der Waals surface area contributed by atoms with Crippen LogP contribution in [-0.4, -0.2) is 64.2 Å². The molecule has 34 heavy (non-hydrogen) atoms. The van der Waals surface area contributed by atoms with Crippen LogP contribution in [0.15, 0.2) is 36.7 Å². The van der Waals surface area contributed by atoms with E-state index in [0.717, 1.165) is 18.3 Å². The molecule has 0 amide bonds. The van der Waals surface area contributed by atoms with Crippen molar-refractivity contribution in [3.63, 3.8) is 0 Å². The van der Waals surface area contributed by atoms with Gasteiger partial charge in [-0.1, -0.05) is 0 Å². The predicted octanol–water partition coefficient (Wildman–Crippen LogP) is 3.37. The molecular formula is C21H23F5N8. The number of nitrogens with zero attached hydrogens (tertiary/aromatic N) is 5. The molecule has 182 valence electrons. The van der Waals surface area contributed by atoms with Crippen LogP contribution in [0, 0.1) is 5.41 Å². The van der Waals surface area contributed by atoms with Crippen LogP contribution in [0.3, 0.4) is 0 Å². The summed E-state index contributed by atoms with van der Waals surface area (Å²) in [5, 5.41) is 10.7. The quantitative estimate of drug-likeness (QED) is 0.410. The highest BCUT2D eigenvalue weighted by molar-refractivity contribution is 5.93. The maximum absolute atomic E-state index is 13.4. The maximum atomic E-state index is 13.4. The molecular weight excluding hydrogens is 459 g/mol. The van der Waals surface area contributed by atoms with E-state index < -0.39 is 30.8 Å². The third-order valence-electron chi connectivity index (χ3n) is 5.59. The molecule has 4 rings (SSSR count). The zero-order valence-corrected chi connectivity index (χ0v) is 18.0. The second-order valence-electron chi connectivity index (χ2n) is 8.35. The van der Waals surface area contributed by atoms with E-state index in [1.54, 1.807) is 6.07 Å². The molecule has 0 spiro atoms. The Hall–Kier alpha value is -3.35. The van der Waals surface area contributed by atoms with Crippen molar-refractivity contribution in [2.24, 2.45) is 5.73 Å². The summed E-state index contributed by atoms with van der Waals surface area (Å²) in [6.07, 6.45) is 0.0152. The summed E-state index contributed by atoms with van der Waals surface area (Å²) in [6, 6.07) is 3.31. The van der Waals surface area contributed by atoms with Gasteiger partial charge in [-0.05, 0) is 37.4 Å². The summed E-state index contributed by atoms with van der Waals surface area (Å²) in [4.78, 5) is 16.0. The van der Waals surface area contributed by atoms with E-state index in [-0.39, 0.29) is 23.5 Å². The zero-order valence-electron chi connectivity index (χ0n) is 18.0. The average molecular weight is 482 g/mol. The summed E-state index contributed by atoms with van der Waals surface area (Å²) in [5.41, 5.74) is 5.39. The van der Waals surface area contributed by atoms with Gasteiger partial charge in [0.2, 0.25) is 5.95 Å². The van der Waals surface area contributed by atoms with E-state index in [0.29, 0.717) is 37.5 Å². The third-order valence-corrected chi connectivity index (χ3v) is 5.59. The van der Waals surface area contributed by atoms with Gasteiger partial charge in [0.25, 0.3) is 5.92 Å².